The number of pyridine rings is 2. The second-order valence-corrected chi connectivity index (χ2v) is 11.7. The van der Waals surface area contributed by atoms with Gasteiger partial charge < -0.3 is 9.97 Å². The first-order valence-corrected chi connectivity index (χ1v) is 16.4. The first kappa shape index (κ1) is 34.1. The monoisotopic (exact) mass is 819 g/mol. The summed E-state index contributed by atoms with van der Waals surface area (Å²) in [7, 11) is 0. The molecule has 0 unspecified atom stereocenters. The average Bonchev–Trinajstić information content (AvgIpc) is 3.20. The number of hydrogen-bond donors (Lipinski definition) is 0. The van der Waals surface area contributed by atoms with E-state index in [4.69, 9.17) is 0 Å². The van der Waals surface area contributed by atoms with E-state index in [1.807, 2.05) is 54.7 Å². The third-order valence-electron chi connectivity index (χ3n) is 8.35. The molecule has 8 rings (SSSR count). The van der Waals surface area contributed by atoms with Gasteiger partial charge in [-0.2, -0.15) is 0 Å². The van der Waals surface area contributed by atoms with Crippen LogP contribution in [0.15, 0.2) is 194 Å². The Kier molecular flexibility index (Phi) is 11.7. The topological polar surface area (TPSA) is 25.8 Å². The molecule has 0 N–H and O–H groups in total. The molecule has 0 fully saturated rings. The summed E-state index contributed by atoms with van der Waals surface area (Å²) in [4.78, 5) is 9.01. The van der Waals surface area contributed by atoms with E-state index in [2.05, 4.69) is 156 Å². The van der Waals surface area contributed by atoms with E-state index in [1.165, 1.54) is 38.9 Å². The van der Waals surface area contributed by atoms with Crippen LogP contribution in [0.4, 0.5) is 0 Å². The molecule has 8 aromatic rings. The summed E-state index contributed by atoms with van der Waals surface area (Å²) in [6, 6.07) is 69.3. The molecule has 2 nitrogen and oxygen atoms in total. The first-order chi connectivity index (χ1) is 24.3. The molecule has 0 aliphatic rings. The van der Waals surface area contributed by atoms with Crippen molar-refractivity contribution < 1.29 is 20.1 Å². The normalized spacial score (nSPS) is 10.3. The molecular formula is C47H34IrN2-2. The predicted molar refractivity (Wildman–Crippen MR) is 203 cm³/mol. The number of hydrogen-bond acceptors (Lipinski definition) is 2. The zero-order valence-electron chi connectivity index (χ0n) is 27.4. The third-order valence-corrected chi connectivity index (χ3v) is 8.35. The largest absolute Gasteiger partial charge is 0.305 e. The van der Waals surface area contributed by atoms with Crippen molar-refractivity contribution >= 4 is 0 Å². The van der Waals surface area contributed by atoms with Crippen LogP contribution in [0.1, 0.15) is 11.1 Å². The van der Waals surface area contributed by atoms with Crippen LogP contribution in [-0.4, -0.2) is 9.97 Å². The van der Waals surface area contributed by atoms with Crippen molar-refractivity contribution in [1.82, 2.24) is 9.97 Å². The maximum absolute atomic E-state index is 4.65. The molecule has 0 saturated carbocycles. The molecule has 2 aromatic heterocycles. The van der Waals surface area contributed by atoms with Gasteiger partial charge in [0, 0.05) is 32.5 Å². The average molecular weight is 819 g/mol. The summed E-state index contributed by atoms with van der Waals surface area (Å²) in [6.07, 6.45) is 4.55. The van der Waals surface area contributed by atoms with Gasteiger partial charge in [0.25, 0.3) is 0 Å². The second kappa shape index (κ2) is 17.1. The summed E-state index contributed by atoms with van der Waals surface area (Å²) in [5, 5.41) is 0. The van der Waals surface area contributed by atoms with Crippen LogP contribution in [-0.2, 0) is 26.5 Å². The van der Waals surface area contributed by atoms with Gasteiger partial charge in [0.15, 0.2) is 0 Å². The Morgan fingerprint density at radius 3 is 1.62 bits per heavy atom. The summed E-state index contributed by atoms with van der Waals surface area (Å²) in [5.41, 5.74) is 13.7. The molecule has 243 valence electrons. The van der Waals surface area contributed by atoms with Crippen molar-refractivity contribution in [3.63, 3.8) is 0 Å². The maximum atomic E-state index is 4.65. The van der Waals surface area contributed by atoms with Crippen LogP contribution in [0, 0.1) is 12.1 Å². The van der Waals surface area contributed by atoms with Crippen LogP contribution < -0.4 is 0 Å². The predicted octanol–water partition coefficient (Wildman–Crippen LogP) is 11.7. The quantitative estimate of drug-likeness (QED) is 0.150. The zero-order chi connectivity index (χ0) is 33.1. The third kappa shape index (κ3) is 8.64. The van der Waals surface area contributed by atoms with Crippen molar-refractivity contribution in [3.8, 4) is 55.9 Å². The van der Waals surface area contributed by atoms with E-state index >= 15 is 0 Å². The molecule has 0 saturated heterocycles. The Morgan fingerprint density at radius 1 is 0.420 bits per heavy atom. The summed E-state index contributed by atoms with van der Waals surface area (Å²) in [5.74, 6) is 0. The van der Waals surface area contributed by atoms with Crippen molar-refractivity contribution in [2.24, 2.45) is 0 Å². The molecule has 0 spiro atoms. The summed E-state index contributed by atoms with van der Waals surface area (Å²) >= 11 is 0. The van der Waals surface area contributed by atoms with Crippen molar-refractivity contribution in [1.29, 1.82) is 0 Å². The van der Waals surface area contributed by atoms with E-state index in [-0.39, 0.29) is 20.1 Å². The van der Waals surface area contributed by atoms with Crippen LogP contribution in [0.25, 0.3) is 55.9 Å². The van der Waals surface area contributed by atoms with Gasteiger partial charge in [-0.05, 0) is 52.2 Å². The second-order valence-electron chi connectivity index (χ2n) is 11.7. The van der Waals surface area contributed by atoms with Gasteiger partial charge in [-0.15, -0.1) is 64.7 Å². The van der Waals surface area contributed by atoms with Gasteiger partial charge >= 0.3 is 0 Å². The van der Waals surface area contributed by atoms with Gasteiger partial charge in [0.2, 0.25) is 0 Å². The Hall–Kier alpha value is -5.73. The fourth-order valence-corrected chi connectivity index (χ4v) is 5.87. The van der Waals surface area contributed by atoms with Crippen LogP contribution in [0.5, 0.6) is 0 Å². The minimum absolute atomic E-state index is 0. The van der Waals surface area contributed by atoms with Crippen LogP contribution >= 0.6 is 0 Å². The fourth-order valence-electron chi connectivity index (χ4n) is 5.87. The Labute approximate surface area is 308 Å². The van der Waals surface area contributed by atoms with Gasteiger partial charge in [0.05, 0.1) is 0 Å². The van der Waals surface area contributed by atoms with E-state index in [0.717, 1.165) is 34.5 Å². The molecule has 6 aromatic carbocycles. The number of aromatic nitrogens is 2. The molecule has 50 heavy (non-hydrogen) atoms. The van der Waals surface area contributed by atoms with Crippen molar-refractivity contribution in [2.45, 2.75) is 6.42 Å². The van der Waals surface area contributed by atoms with E-state index in [9.17, 15) is 0 Å². The van der Waals surface area contributed by atoms with E-state index < -0.39 is 0 Å². The van der Waals surface area contributed by atoms with Crippen LogP contribution in [0.2, 0.25) is 0 Å². The van der Waals surface area contributed by atoms with Gasteiger partial charge in [-0.1, -0.05) is 151 Å². The SMILES string of the molecule is [Ir].[c-]1cc(-c2ccccc2)c(Cc2ccccc2)cc1-c1cc(-c2ccccc2)ccn1.[c-]1ccc(-c2ccccc2)cc1-c1ccccn1. The zero-order valence-corrected chi connectivity index (χ0v) is 29.8. The number of rotatable bonds is 7. The summed E-state index contributed by atoms with van der Waals surface area (Å²) in [6.45, 7) is 0. The van der Waals surface area contributed by atoms with Crippen molar-refractivity contribution in [2.75, 3.05) is 0 Å². The van der Waals surface area contributed by atoms with Gasteiger partial charge in [-0.25, -0.2) is 0 Å². The molecular weight excluding hydrogens is 785 g/mol. The standard InChI is InChI=1S/C30H22N.C17H12N.Ir/c1-4-10-23(11-5-1)20-28-21-27(16-17-29(28)25-14-8-3-9-15-25)30-22-26(18-19-31-30)24-12-6-2-7-13-24;1-2-7-14(8-3-1)15-9-6-10-16(13-15)17-11-4-5-12-18-17;/h1-15,17-19,21-22H,20H2;1-9,11-13H;/q2*-1;. The number of nitrogens with zero attached hydrogens (tertiary/aromatic N) is 2. The minimum atomic E-state index is 0. The molecule has 3 heteroatoms. The molecule has 0 aliphatic carbocycles. The van der Waals surface area contributed by atoms with Gasteiger partial charge in [-0.3, -0.25) is 0 Å². The molecule has 2 heterocycles. The maximum Gasteiger partial charge on any atom is 0.0166 e. The Morgan fingerprint density at radius 2 is 0.980 bits per heavy atom. The molecule has 1 radical (unpaired) electrons. The molecule has 0 amide bonds. The summed E-state index contributed by atoms with van der Waals surface area (Å²) < 4.78 is 0. The fraction of sp³-hybridized carbons (Fsp3) is 0.0213. The smallest absolute Gasteiger partial charge is 0.0166 e. The van der Waals surface area contributed by atoms with E-state index in [0.29, 0.717) is 0 Å². The molecule has 0 bridgehead atoms. The van der Waals surface area contributed by atoms with Gasteiger partial charge in [0.1, 0.15) is 0 Å². The minimum Gasteiger partial charge on any atom is -0.305 e. The van der Waals surface area contributed by atoms with Crippen LogP contribution in [0.3, 0.4) is 0 Å². The molecule has 0 aliphatic heterocycles. The Balaban J connectivity index is 0.000000194. The number of benzene rings is 6. The Bertz CT molecular complexity index is 2170. The van der Waals surface area contributed by atoms with Crippen molar-refractivity contribution in [3.05, 3.63) is 218 Å². The van der Waals surface area contributed by atoms with E-state index in [1.54, 1.807) is 6.20 Å². The first-order valence-electron chi connectivity index (χ1n) is 16.4. The molecule has 0 atom stereocenters.